The highest BCUT2D eigenvalue weighted by Crippen LogP contribution is 2.49. The van der Waals surface area contributed by atoms with Crippen molar-refractivity contribution in [1.82, 2.24) is 0 Å². The standard InChI is InChI=1S/C22H20Br2O4/c1-25-15-7-5-8-16(26-2)19(15)13-11-12-14(22(24)21(13)23)20-17(27-3)9-6-10-18(20)28-4/h5-12H,1-4H3. The largest absolute Gasteiger partial charge is 0.496 e. The molecule has 0 saturated heterocycles. The Morgan fingerprint density at radius 3 is 1.04 bits per heavy atom. The van der Waals surface area contributed by atoms with E-state index in [9.17, 15) is 0 Å². The van der Waals surface area contributed by atoms with Gasteiger partial charge >= 0.3 is 0 Å². The van der Waals surface area contributed by atoms with Crippen LogP contribution in [-0.2, 0) is 0 Å². The van der Waals surface area contributed by atoms with Gasteiger partial charge in [0.2, 0.25) is 0 Å². The average molecular weight is 508 g/mol. The van der Waals surface area contributed by atoms with Crippen LogP contribution in [0.4, 0.5) is 0 Å². The van der Waals surface area contributed by atoms with E-state index in [4.69, 9.17) is 18.9 Å². The van der Waals surface area contributed by atoms with E-state index in [1.54, 1.807) is 28.4 Å². The first-order valence-corrected chi connectivity index (χ1v) is 10.1. The maximum absolute atomic E-state index is 5.57. The number of hydrogen-bond donors (Lipinski definition) is 0. The summed E-state index contributed by atoms with van der Waals surface area (Å²) in [6.45, 7) is 0. The zero-order chi connectivity index (χ0) is 20.3. The molecule has 6 heteroatoms. The molecule has 0 amide bonds. The second-order valence-corrected chi connectivity index (χ2v) is 7.45. The van der Waals surface area contributed by atoms with Gasteiger partial charge < -0.3 is 18.9 Å². The summed E-state index contributed by atoms with van der Waals surface area (Å²) in [5.74, 6) is 2.92. The van der Waals surface area contributed by atoms with Crippen LogP contribution in [0.15, 0.2) is 57.5 Å². The van der Waals surface area contributed by atoms with E-state index in [1.807, 2.05) is 48.5 Å². The Labute approximate surface area is 181 Å². The molecule has 28 heavy (non-hydrogen) atoms. The Morgan fingerprint density at radius 1 is 0.500 bits per heavy atom. The number of benzene rings is 3. The monoisotopic (exact) mass is 506 g/mol. The Bertz CT molecular complexity index is 877. The molecule has 3 aromatic rings. The highest BCUT2D eigenvalue weighted by molar-refractivity contribution is 9.13. The fraction of sp³-hybridized carbons (Fsp3) is 0.182. The summed E-state index contributed by atoms with van der Waals surface area (Å²) in [6.07, 6.45) is 0. The summed E-state index contributed by atoms with van der Waals surface area (Å²) in [5.41, 5.74) is 3.63. The Balaban J connectivity index is 2.26. The molecular formula is C22H20Br2O4. The first-order chi connectivity index (χ1) is 13.6. The second kappa shape index (κ2) is 8.88. The molecule has 0 aromatic heterocycles. The van der Waals surface area contributed by atoms with Crippen LogP contribution in [0.25, 0.3) is 22.3 Å². The van der Waals surface area contributed by atoms with Crippen LogP contribution in [0.3, 0.4) is 0 Å². The smallest absolute Gasteiger partial charge is 0.130 e. The molecule has 0 aliphatic carbocycles. The van der Waals surface area contributed by atoms with Crippen molar-refractivity contribution in [2.45, 2.75) is 0 Å². The fourth-order valence-corrected chi connectivity index (χ4v) is 4.26. The van der Waals surface area contributed by atoms with Gasteiger partial charge in [0.1, 0.15) is 23.0 Å². The van der Waals surface area contributed by atoms with Crippen LogP contribution < -0.4 is 18.9 Å². The Hall–Kier alpha value is -2.18. The molecule has 4 nitrogen and oxygen atoms in total. The topological polar surface area (TPSA) is 36.9 Å². The van der Waals surface area contributed by atoms with Crippen molar-refractivity contribution in [3.8, 4) is 45.3 Å². The van der Waals surface area contributed by atoms with Gasteiger partial charge in [-0.3, -0.25) is 0 Å². The molecule has 0 heterocycles. The van der Waals surface area contributed by atoms with E-state index in [0.717, 1.165) is 54.2 Å². The van der Waals surface area contributed by atoms with Crippen molar-refractivity contribution in [2.75, 3.05) is 28.4 Å². The SMILES string of the molecule is COc1cccc(OC)c1-c1ccc(-c2c(OC)cccc2OC)c(Br)c1Br. The first-order valence-electron chi connectivity index (χ1n) is 8.48. The third kappa shape index (κ3) is 3.59. The van der Waals surface area contributed by atoms with Crippen molar-refractivity contribution >= 4 is 31.9 Å². The maximum atomic E-state index is 5.57. The molecule has 0 spiro atoms. The lowest BCUT2D eigenvalue weighted by Crippen LogP contribution is -1.96. The van der Waals surface area contributed by atoms with Crippen LogP contribution in [-0.4, -0.2) is 28.4 Å². The summed E-state index contributed by atoms with van der Waals surface area (Å²) >= 11 is 7.49. The zero-order valence-corrected chi connectivity index (χ0v) is 19.2. The molecule has 0 N–H and O–H groups in total. The highest BCUT2D eigenvalue weighted by atomic mass is 79.9. The molecule has 0 atom stereocenters. The van der Waals surface area contributed by atoms with E-state index in [2.05, 4.69) is 31.9 Å². The molecule has 0 fully saturated rings. The van der Waals surface area contributed by atoms with Crippen molar-refractivity contribution in [3.63, 3.8) is 0 Å². The van der Waals surface area contributed by atoms with Gasteiger partial charge in [-0.25, -0.2) is 0 Å². The zero-order valence-electron chi connectivity index (χ0n) is 16.0. The lowest BCUT2D eigenvalue weighted by atomic mass is 9.98. The van der Waals surface area contributed by atoms with Crippen LogP contribution in [0.2, 0.25) is 0 Å². The predicted octanol–water partition coefficient (Wildman–Crippen LogP) is 6.58. The molecule has 3 rings (SSSR count). The van der Waals surface area contributed by atoms with E-state index in [1.165, 1.54) is 0 Å². The van der Waals surface area contributed by atoms with E-state index in [0.29, 0.717) is 0 Å². The van der Waals surface area contributed by atoms with Crippen LogP contribution >= 0.6 is 31.9 Å². The Kier molecular flexibility index (Phi) is 6.52. The molecule has 0 unspecified atom stereocenters. The normalized spacial score (nSPS) is 10.5. The second-order valence-electron chi connectivity index (χ2n) is 5.86. The number of hydrogen-bond acceptors (Lipinski definition) is 4. The number of halogens is 2. The third-order valence-electron chi connectivity index (χ3n) is 4.48. The van der Waals surface area contributed by atoms with Gasteiger partial charge in [0, 0.05) is 20.1 Å². The predicted molar refractivity (Wildman–Crippen MR) is 119 cm³/mol. The minimum Gasteiger partial charge on any atom is -0.496 e. The lowest BCUT2D eigenvalue weighted by Gasteiger charge is -2.19. The molecule has 0 aliphatic heterocycles. The van der Waals surface area contributed by atoms with Gasteiger partial charge in [-0.05, 0) is 56.1 Å². The molecule has 146 valence electrons. The average Bonchev–Trinajstić information content (AvgIpc) is 2.74. The third-order valence-corrected chi connectivity index (χ3v) is 6.66. The quantitative estimate of drug-likeness (QED) is 0.377. The maximum Gasteiger partial charge on any atom is 0.130 e. The van der Waals surface area contributed by atoms with Gasteiger partial charge in [-0.15, -0.1) is 0 Å². The Morgan fingerprint density at radius 2 is 0.786 bits per heavy atom. The molecule has 0 radical (unpaired) electrons. The molecule has 3 aromatic carbocycles. The molecule has 0 aliphatic rings. The minimum absolute atomic E-state index is 0.731. The van der Waals surface area contributed by atoms with Crippen LogP contribution in [0.5, 0.6) is 23.0 Å². The fourth-order valence-electron chi connectivity index (χ4n) is 3.17. The summed E-state index contributed by atoms with van der Waals surface area (Å²) in [7, 11) is 6.59. The van der Waals surface area contributed by atoms with Crippen LogP contribution in [0.1, 0.15) is 0 Å². The molecule has 0 saturated carbocycles. The lowest BCUT2D eigenvalue weighted by molar-refractivity contribution is 0.397. The highest BCUT2D eigenvalue weighted by Gasteiger charge is 2.21. The minimum atomic E-state index is 0.731. The van der Waals surface area contributed by atoms with Gasteiger partial charge in [0.25, 0.3) is 0 Å². The summed E-state index contributed by atoms with van der Waals surface area (Å²) in [5, 5.41) is 0. The summed E-state index contributed by atoms with van der Waals surface area (Å²) in [4.78, 5) is 0. The van der Waals surface area contributed by atoms with Crippen molar-refractivity contribution in [3.05, 3.63) is 57.5 Å². The van der Waals surface area contributed by atoms with Crippen molar-refractivity contribution in [1.29, 1.82) is 0 Å². The number of ether oxygens (including phenoxy) is 4. The van der Waals surface area contributed by atoms with Crippen molar-refractivity contribution in [2.24, 2.45) is 0 Å². The van der Waals surface area contributed by atoms with Gasteiger partial charge in [-0.1, -0.05) is 24.3 Å². The van der Waals surface area contributed by atoms with Gasteiger partial charge in [-0.2, -0.15) is 0 Å². The summed E-state index contributed by atoms with van der Waals surface area (Å²) in [6, 6.07) is 15.5. The molecule has 0 bridgehead atoms. The first kappa shape index (κ1) is 20.6. The van der Waals surface area contributed by atoms with Crippen molar-refractivity contribution < 1.29 is 18.9 Å². The summed E-state index contributed by atoms with van der Waals surface area (Å²) < 4.78 is 24.0. The number of rotatable bonds is 6. The number of methoxy groups -OCH3 is 4. The van der Waals surface area contributed by atoms with Crippen LogP contribution in [0, 0.1) is 0 Å². The molecular weight excluding hydrogens is 488 g/mol. The van der Waals surface area contributed by atoms with E-state index in [-0.39, 0.29) is 0 Å². The van der Waals surface area contributed by atoms with Gasteiger partial charge in [0.15, 0.2) is 0 Å². The van der Waals surface area contributed by atoms with Gasteiger partial charge in [0.05, 0.1) is 39.6 Å². The van der Waals surface area contributed by atoms with E-state index >= 15 is 0 Å². The van der Waals surface area contributed by atoms with E-state index < -0.39 is 0 Å².